The van der Waals surface area contributed by atoms with Gasteiger partial charge in [-0.15, -0.1) is 0 Å². The van der Waals surface area contributed by atoms with Gasteiger partial charge in [0.2, 0.25) is 0 Å². The molecule has 0 amide bonds. The van der Waals surface area contributed by atoms with Crippen LogP contribution in [0, 0.1) is 4.78 Å². The van der Waals surface area contributed by atoms with Gasteiger partial charge in [-0.2, -0.15) is 8.78 Å². The largest absolute Gasteiger partial charge is 0.323 e. The fourth-order valence-corrected chi connectivity index (χ4v) is 1.49. The van der Waals surface area contributed by atoms with Crippen molar-refractivity contribution in [2.75, 3.05) is 0 Å². The fraction of sp³-hybridized carbons (Fsp3) is 0.143. The molecule has 1 atom stereocenters. The summed E-state index contributed by atoms with van der Waals surface area (Å²) in [5.74, 6) is -3.13. The van der Waals surface area contributed by atoms with Crippen LogP contribution in [0.5, 0.6) is 0 Å². The standard InChI is InChI=1S/C7H7F2NOS/c8-7(9)12(10,11)6-4-2-1-3-5-6/h1-5,7,10H. The molecular formula is C7H7F2NOS. The van der Waals surface area contributed by atoms with Crippen molar-refractivity contribution in [1.29, 1.82) is 4.78 Å². The Hall–Kier alpha value is -0.970. The number of hydrogen-bond donors (Lipinski definition) is 1. The van der Waals surface area contributed by atoms with Crippen molar-refractivity contribution in [2.45, 2.75) is 10.7 Å². The van der Waals surface area contributed by atoms with Gasteiger partial charge >= 0.3 is 5.76 Å². The minimum Gasteiger partial charge on any atom is -0.244 e. The number of nitrogens with one attached hydrogen (secondary N) is 1. The van der Waals surface area contributed by atoms with Crippen molar-refractivity contribution in [3.05, 3.63) is 30.3 Å². The Balaban J connectivity index is 3.17. The van der Waals surface area contributed by atoms with Gasteiger partial charge in [0, 0.05) is 0 Å². The molecule has 1 aromatic rings. The zero-order valence-electron chi connectivity index (χ0n) is 6.04. The summed E-state index contributed by atoms with van der Waals surface area (Å²) < 4.78 is 42.0. The van der Waals surface area contributed by atoms with Gasteiger partial charge in [0.25, 0.3) is 0 Å². The predicted octanol–water partition coefficient (Wildman–Crippen LogP) is 2.31. The summed E-state index contributed by atoms with van der Waals surface area (Å²) >= 11 is 0. The summed E-state index contributed by atoms with van der Waals surface area (Å²) in [6, 6.07) is 7.10. The van der Waals surface area contributed by atoms with Crippen molar-refractivity contribution in [2.24, 2.45) is 0 Å². The SMILES string of the molecule is N=S(=O)(c1ccccc1)C(F)F. The highest BCUT2D eigenvalue weighted by Crippen LogP contribution is 2.17. The monoisotopic (exact) mass is 191 g/mol. The molecule has 0 aliphatic heterocycles. The topological polar surface area (TPSA) is 40.9 Å². The summed E-state index contributed by atoms with van der Waals surface area (Å²) in [5.41, 5.74) is 0. The maximum absolute atomic E-state index is 12.0. The van der Waals surface area contributed by atoms with Gasteiger partial charge in [-0.25, -0.2) is 8.99 Å². The molecule has 0 spiro atoms. The van der Waals surface area contributed by atoms with E-state index in [1.54, 1.807) is 6.07 Å². The van der Waals surface area contributed by atoms with E-state index in [2.05, 4.69) is 0 Å². The molecule has 0 saturated carbocycles. The zero-order valence-corrected chi connectivity index (χ0v) is 6.85. The van der Waals surface area contributed by atoms with Crippen LogP contribution < -0.4 is 0 Å². The zero-order chi connectivity index (χ0) is 9.19. The van der Waals surface area contributed by atoms with E-state index >= 15 is 0 Å². The van der Waals surface area contributed by atoms with Gasteiger partial charge in [0.1, 0.15) is 9.73 Å². The molecule has 0 heterocycles. The Morgan fingerprint density at radius 3 is 2.17 bits per heavy atom. The molecule has 1 unspecified atom stereocenters. The molecule has 1 rings (SSSR count). The average Bonchev–Trinajstić information content (AvgIpc) is 2.06. The van der Waals surface area contributed by atoms with Gasteiger partial charge in [-0.3, -0.25) is 0 Å². The van der Waals surface area contributed by atoms with Gasteiger partial charge in [0.15, 0.2) is 0 Å². The molecule has 0 radical (unpaired) electrons. The molecule has 66 valence electrons. The van der Waals surface area contributed by atoms with E-state index in [0.29, 0.717) is 0 Å². The maximum atomic E-state index is 12.0. The smallest absolute Gasteiger partial charge is 0.244 e. The highest BCUT2D eigenvalue weighted by molar-refractivity contribution is 7.92. The van der Waals surface area contributed by atoms with Crippen LogP contribution in [0.4, 0.5) is 8.78 Å². The first-order valence-electron chi connectivity index (χ1n) is 3.16. The molecule has 1 aromatic carbocycles. The van der Waals surface area contributed by atoms with Crippen LogP contribution in [-0.4, -0.2) is 9.97 Å². The molecule has 2 nitrogen and oxygen atoms in total. The first-order chi connectivity index (χ1) is 5.55. The third-order valence-corrected chi connectivity index (χ3v) is 2.82. The van der Waals surface area contributed by atoms with Crippen LogP contribution in [0.1, 0.15) is 0 Å². The molecule has 0 aromatic heterocycles. The van der Waals surface area contributed by atoms with Gasteiger partial charge in [0.05, 0.1) is 4.90 Å². The lowest BCUT2D eigenvalue weighted by Crippen LogP contribution is -2.08. The maximum Gasteiger partial charge on any atom is 0.323 e. The molecule has 1 N–H and O–H groups in total. The van der Waals surface area contributed by atoms with E-state index in [0.717, 1.165) is 0 Å². The summed E-state index contributed by atoms with van der Waals surface area (Å²) in [7, 11) is -3.91. The van der Waals surface area contributed by atoms with Crippen LogP contribution in [0.2, 0.25) is 0 Å². The Bertz CT molecular complexity index is 347. The Morgan fingerprint density at radius 2 is 1.75 bits per heavy atom. The number of halogens is 2. The lowest BCUT2D eigenvalue weighted by Gasteiger charge is -2.04. The molecule has 0 aliphatic carbocycles. The Kier molecular flexibility index (Phi) is 2.42. The summed E-state index contributed by atoms with van der Waals surface area (Å²) in [6.45, 7) is 0. The third kappa shape index (κ3) is 1.61. The van der Waals surface area contributed by atoms with Crippen LogP contribution >= 0.6 is 0 Å². The van der Waals surface area contributed by atoms with Crippen molar-refractivity contribution in [3.63, 3.8) is 0 Å². The van der Waals surface area contributed by atoms with Crippen molar-refractivity contribution >= 4 is 9.73 Å². The second kappa shape index (κ2) is 3.18. The number of alkyl halides is 2. The summed E-state index contributed by atoms with van der Waals surface area (Å²) in [5, 5.41) is 0. The molecule has 0 saturated heterocycles. The average molecular weight is 191 g/mol. The first kappa shape index (κ1) is 9.12. The van der Waals surface area contributed by atoms with Crippen molar-refractivity contribution in [1.82, 2.24) is 0 Å². The van der Waals surface area contributed by atoms with Crippen molar-refractivity contribution in [3.8, 4) is 0 Å². The quantitative estimate of drug-likeness (QED) is 0.765. The second-order valence-electron chi connectivity index (χ2n) is 2.17. The number of benzene rings is 1. The molecule has 5 heteroatoms. The normalized spacial score (nSPS) is 15.9. The van der Waals surface area contributed by atoms with Gasteiger partial charge in [-0.05, 0) is 12.1 Å². The van der Waals surface area contributed by atoms with E-state index in [9.17, 15) is 13.0 Å². The highest BCUT2D eigenvalue weighted by Gasteiger charge is 2.21. The Morgan fingerprint density at radius 1 is 1.25 bits per heavy atom. The summed E-state index contributed by atoms with van der Waals surface area (Å²) in [6.07, 6.45) is 0. The fourth-order valence-electron chi connectivity index (χ4n) is 0.726. The molecular weight excluding hydrogens is 184 g/mol. The minimum absolute atomic E-state index is 0.125. The molecule has 0 aliphatic rings. The number of hydrogen-bond acceptors (Lipinski definition) is 2. The van der Waals surface area contributed by atoms with Crippen LogP contribution in [0.25, 0.3) is 0 Å². The predicted molar refractivity (Wildman–Crippen MR) is 41.6 cm³/mol. The lowest BCUT2D eigenvalue weighted by atomic mass is 10.4. The van der Waals surface area contributed by atoms with Crippen LogP contribution in [0.15, 0.2) is 35.2 Å². The van der Waals surface area contributed by atoms with Crippen molar-refractivity contribution < 1.29 is 13.0 Å². The van der Waals surface area contributed by atoms with E-state index in [1.807, 2.05) is 0 Å². The highest BCUT2D eigenvalue weighted by atomic mass is 32.2. The number of rotatable bonds is 2. The van der Waals surface area contributed by atoms with Gasteiger partial charge in [-0.1, -0.05) is 18.2 Å². The second-order valence-corrected chi connectivity index (χ2v) is 4.20. The van der Waals surface area contributed by atoms with E-state index in [4.69, 9.17) is 4.78 Å². The van der Waals surface area contributed by atoms with Gasteiger partial charge < -0.3 is 0 Å². The van der Waals surface area contributed by atoms with E-state index < -0.39 is 15.5 Å². The Labute approximate surface area is 69.2 Å². The third-order valence-electron chi connectivity index (χ3n) is 1.34. The summed E-state index contributed by atoms with van der Waals surface area (Å²) in [4.78, 5) is -0.125. The molecule has 12 heavy (non-hydrogen) atoms. The molecule has 0 bridgehead atoms. The van der Waals surface area contributed by atoms with E-state index in [-0.39, 0.29) is 4.90 Å². The van der Waals surface area contributed by atoms with Crippen LogP contribution in [0.3, 0.4) is 0 Å². The molecule has 0 fully saturated rings. The van der Waals surface area contributed by atoms with Crippen LogP contribution in [-0.2, 0) is 9.73 Å². The lowest BCUT2D eigenvalue weighted by molar-refractivity contribution is 0.241. The van der Waals surface area contributed by atoms with E-state index in [1.165, 1.54) is 24.3 Å². The minimum atomic E-state index is -3.91. The first-order valence-corrected chi connectivity index (χ1v) is 4.78.